The summed E-state index contributed by atoms with van der Waals surface area (Å²) < 4.78 is 46.0. The predicted molar refractivity (Wildman–Crippen MR) is 99.2 cm³/mol. The predicted octanol–water partition coefficient (Wildman–Crippen LogP) is 2.64. The lowest BCUT2D eigenvalue weighted by atomic mass is 10.2. The third-order valence-corrected chi connectivity index (χ3v) is 5.23. The van der Waals surface area contributed by atoms with Gasteiger partial charge in [-0.1, -0.05) is 6.07 Å². The van der Waals surface area contributed by atoms with Crippen LogP contribution in [0.25, 0.3) is 11.4 Å². The molecule has 0 aliphatic heterocycles. The maximum absolute atomic E-state index is 13.4. The number of ether oxygens (including phenoxy) is 1. The first-order valence-corrected chi connectivity index (χ1v) is 9.57. The number of rotatable bonds is 6. The quantitative estimate of drug-likeness (QED) is 0.684. The zero-order valence-corrected chi connectivity index (χ0v) is 15.6. The van der Waals surface area contributed by atoms with Crippen molar-refractivity contribution in [3.05, 3.63) is 71.8 Å². The number of benzene rings is 1. The topological polar surface area (TPSA) is 105 Å². The molecule has 0 saturated heterocycles. The SMILES string of the molecule is COc1cc(CNS(=O)(=O)c2ccc(F)c(C#N)c2)nc(-c2ccccn2)c1. The second kappa shape index (κ2) is 8.12. The second-order valence-electron chi connectivity index (χ2n) is 5.68. The standard InChI is InChI=1S/C19H15FN4O3S/c1-27-15-9-14(24-19(10-15)18-4-2-3-7-22-18)12-23-28(25,26)16-5-6-17(20)13(8-16)11-21/h2-10,23H,12H2,1H3. The van der Waals surface area contributed by atoms with Gasteiger partial charge in [0.25, 0.3) is 0 Å². The van der Waals surface area contributed by atoms with Crippen LogP contribution in [-0.2, 0) is 16.6 Å². The highest BCUT2D eigenvalue weighted by Gasteiger charge is 2.17. The van der Waals surface area contributed by atoms with E-state index < -0.39 is 15.8 Å². The van der Waals surface area contributed by atoms with Gasteiger partial charge < -0.3 is 4.74 Å². The summed E-state index contributed by atoms with van der Waals surface area (Å²) in [4.78, 5) is 8.43. The van der Waals surface area contributed by atoms with E-state index >= 15 is 0 Å². The number of hydrogen-bond acceptors (Lipinski definition) is 6. The van der Waals surface area contributed by atoms with E-state index in [4.69, 9.17) is 10.00 Å². The Morgan fingerprint density at radius 1 is 1.18 bits per heavy atom. The van der Waals surface area contributed by atoms with E-state index in [-0.39, 0.29) is 17.0 Å². The lowest BCUT2D eigenvalue weighted by Crippen LogP contribution is -2.24. The Hall–Kier alpha value is -3.35. The summed E-state index contributed by atoms with van der Waals surface area (Å²) >= 11 is 0. The molecular formula is C19H15FN4O3S. The zero-order chi connectivity index (χ0) is 20.1. The Kier molecular flexibility index (Phi) is 5.63. The highest BCUT2D eigenvalue weighted by atomic mass is 32.2. The van der Waals surface area contributed by atoms with Crippen LogP contribution in [0.15, 0.2) is 59.6 Å². The molecule has 3 rings (SSSR count). The fourth-order valence-corrected chi connectivity index (χ4v) is 3.45. The maximum atomic E-state index is 13.4. The Morgan fingerprint density at radius 2 is 2.00 bits per heavy atom. The summed E-state index contributed by atoms with van der Waals surface area (Å²) in [6, 6.07) is 13.3. The van der Waals surface area contributed by atoms with Crippen LogP contribution < -0.4 is 9.46 Å². The average Bonchev–Trinajstić information content (AvgIpc) is 2.73. The Labute approximate surface area is 161 Å². The summed E-state index contributed by atoms with van der Waals surface area (Å²) in [6.07, 6.45) is 1.63. The van der Waals surface area contributed by atoms with Gasteiger partial charge in [0, 0.05) is 18.3 Å². The molecule has 0 unspecified atom stereocenters. The highest BCUT2D eigenvalue weighted by molar-refractivity contribution is 7.89. The number of sulfonamides is 1. The number of nitrogens with one attached hydrogen (secondary N) is 1. The molecular weight excluding hydrogens is 383 g/mol. The molecule has 0 saturated carbocycles. The van der Waals surface area contributed by atoms with Gasteiger partial charge in [0.05, 0.1) is 41.2 Å². The molecule has 0 atom stereocenters. The van der Waals surface area contributed by atoms with Crippen molar-refractivity contribution >= 4 is 10.0 Å². The zero-order valence-electron chi connectivity index (χ0n) is 14.8. The van der Waals surface area contributed by atoms with Gasteiger partial charge in [0.15, 0.2) is 0 Å². The molecule has 1 N–H and O–H groups in total. The van der Waals surface area contributed by atoms with Crippen LogP contribution in [0, 0.1) is 17.1 Å². The first-order valence-electron chi connectivity index (χ1n) is 8.08. The first kappa shape index (κ1) is 19.4. The molecule has 0 aliphatic carbocycles. The van der Waals surface area contributed by atoms with Crippen molar-refractivity contribution in [3.8, 4) is 23.2 Å². The molecule has 0 radical (unpaired) electrons. The summed E-state index contributed by atoms with van der Waals surface area (Å²) in [5.41, 5.74) is 1.21. The van der Waals surface area contributed by atoms with Gasteiger partial charge in [-0.25, -0.2) is 22.5 Å². The number of nitrogens with zero attached hydrogens (tertiary/aromatic N) is 3. The lowest BCUT2D eigenvalue weighted by molar-refractivity contribution is 0.413. The number of methoxy groups -OCH3 is 1. The first-order chi connectivity index (χ1) is 13.4. The third kappa shape index (κ3) is 4.31. The Bertz CT molecular complexity index is 1150. The van der Waals surface area contributed by atoms with E-state index in [0.717, 1.165) is 18.2 Å². The lowest BCUT2D eigenvalue weighted by Gasteiger charge is -2.10. The van der Waals surface area contributed by atoms with Gasteiger partial charge in [-0.15, -0.1) is 0 Å². The van der Waals surface area contributed by atoms with Crippen molar-refractivity contribution in [1.82, 2.24) is 14.7 Å². The van der Waals surface area contributed by atoms with E-state index in [0.29, 0.717) is 22.8 Å². The minimum Gasteiger partial charge on any atom is -0.497 e. The van der Waals surface area contributed by atoms with Gasteiger partial charge in [0.1, 0.15) is 17.6 Å². The molecule has 2 heterocycles. The molecule has 9 heteroatoms. The fraction of sp³-hybridized carbons (Fsp3) is 0.105. The summed E-state index contributed by atoms with van der Waals surface area (Å²) in [5, 5.41) is 8.88. The molecule has 142 valence electrons. The van der Waals surface area contributed by atoms with Gasteiger partial charge >= 0.3 is 0 Å². The minimum atomic E-state index is -3.97. The minimum absolute atomic E-state index is 0.126. The van der Waals surface area contributed by atoms with Crippen LogP contribution in [0.5, 0.6) is 5.75 Å². The van der Waals surface area contributed by atoms with Crippen molar-refractivity contribution in [2.75, 3.05) is 7.11 Å². The van der Waals surface area contributed by atoms with E-state index in [1.54, 1.807) is 36.5 Å². The molecule has 3 aromatic rings. The monoisotopic (exact) mass is 398 g/mol. The van der Waals surface area contributed by atoms with Crippen LogP contribution in [0.1, 0.15) is 11.3 Å². The molecule has 7 nitrogen and oxygen atoms in total. The fourth-order valence-electron chi connectivity index (χ4n) is 2.42. The third-order valence-electron chi connectivity index (χ3n) is 3.83. The number of aromatic nitrogens is 2. The van der Waals surface area contributed by atoms with Crippen LogP contribution in [0.3, 0.4) is 0 Å². The highest BCUT2D eigenvalue weighted by Crippen LogP contribution is 2.22. The molecule has 0 amide bonds. The van der Waals surface area contributed by atoms with Gasteiger partial charge in [-0.3, -0.25) is 4.98 Å². The summed E-state index contributed by atoms with van der Waals surface area (Å²) in [6.45, 7) is -0.126. The van der Waals surface area contributed by atoms with E-state index in [2.05, 4.69) is 14.7 Å². The normalized spacial score (nSPS) is 11.0. The van der Waals surface area contributed by atoms with Crippen LogP contribution in [-0.4, -0.2) is 25.5 Å². The molecule has 0 aliphatic rings. The van der Waals surface area contributed by atoms with E-state index in [9.17, 15) is 12.8 Å². The number of halogens is 1. The number of pyridine rings is 2. The number of hydrogen-bond donors (Lipinski definition) is 1. The molecule has 28 heavy (non-hydrogen) atoms. The molecule has 0 spiro atoms. The van der Waals surface area contributed by atoms with Crippen LogP contribution >= 0.6 is 0 Å². The van der Waals surface area contributed by atoms with Gasteiger partial charge in [-0.2, -0.15) is 5.26 Å². The van der Waals surface area contributed by atoms with Crippen molar-refractivity contribution in [2.24, 2.45) is 0 Å². The van der Waals surface area contributed by atoms with Crippen LogP contribution in [0.4, 0.5) is 4.39 Å². The molecule has 1 aromatic carbocycles. The maximum Gasteiger partial charge on any atom is 0.240 e. The largest absolute Gasteiger partial charge is 0.497 e. The van der Waals surface area contributed by atoms with Crippen molar-refractivity contribution in [1.29, 1.82) is 5.26 Å². The van der Waals surface area contributed by atoms with E-state index in [1.807, 2.05) is 6.07 Å². The Morgan fingerprint density at radius 3 is 2.68 bits per heavy atom. The number of nitriles is 1. The summed E-state index contributed by atoms with van der Waals surface area (Å²) in [5.74, 6) is -0.283. The van der Waals surface area contributed by atoms with E-state index in [1.165, 1.54) is 7.11 Å². The van der Waals surface area contributed by atoms with Crippen molar-refractivity contribution < 1.29 is 17.5 Å². The van der Waals surface area contributed by atoms with Crippen molar-refractivity contribution in [3.63, 3.8) is 0 Å². The summed E-state index contributed by atoms with van der Waals surface area (Å²) in [7, 11) is -2.48. The smallest absolute Gasteiger partial charge is 0.240 e. The Balaban J connectivity index is 1.87. The van der Waals surface area contributed by atoms with Gasteiger partial charge in [0.2, 0.25) is 10.0 Å². The van der Waals surface area contributed by atoms with Crippen LogP contribution in [0.2, 0.25) is 0 Å². The van der Waals surface area contributed by atoms with Gasteiger partial charge in [-0.05, 0) is 30.3 Å². The average molecular weight is 398 g/mol. The molecule has 0 fully saturated rings. The van der Waals surface area contributed by atoms with Crippen molar-refractivity contribution in [2.45, 2.75) is 11.4 Å². The second-order valence-corrected chi connectivity index (χ2v) is 7.44. The molecule has 2 aromatic heterocycles. The molecule has 0 bridgehead atoms.